The van der Waals surface area contributed by atoms with Crippen molar-refractivity contribution in [2.75, 3.05) is 31.7 Å². The molecule has 6 nitrogen and oxygen atoms in total. The Bertz CT molecular complexity index is 1000. The van der Waals surface area contributed by atoms with Crippen LogP contribution in [0.2, 0.25) is 0 Å². The number of Topliss-reactive ketones (excluding diaryl/α,β-unsaturated/α-hetero) is 1. The first-order valence-corrected chi connectivity index (χ1v) is 10.2. The van der Waals surface area contributed by atoms with Crippen molar-refractivity contribution in [3.63, 3.8) is 0 Å². The number of aryl methyl sites for hydroxylation is 1. The second kappa shape index (κ2) is 10.7. The molecule has 0 radical (unpaired) electrons. The zero-order valence-corrected chi connectivity index (χ0v) is 17.5. The number of ketones is 1. The number of nitrogens with one attached hydrogen (secondary N) is 1. The lowest BCUT2D eigenvalue weighted by molar-refractivity contribution is 0.0708. The highest BCUT2D eigenvalue weighted by Crippen LogP contribution is 2.35. The third kappa shape index (κ3) is 5.14. The molecule has 0 spiro atoms. The zero-order valence-electron chi connectivity index (χ0n) is 17.5. The average molecular weight is 408 g/mol. The van der Waals surface area contributed by atoms with Gasteiger partial charge in [-0.3, -0.25) is 9.78 Å². The van der Waals surface area contributed by atoms with E-state index in [0.717, 1.165) is 28.7 Å². The number of nitrogens with zero attached hydrogens (tertiary/aromatic N) is 1. The number of aromatic nitrogens is 1. The van der Waals surface area contributed by atoms with Crippen LogP contribution < -0.4 is 10.1 Å². The maximum Gasteiger partial charge on any atom is 0.166 e. The van der Waals surface area contributed by atoms with E-state index >= 15 is 0 Å². The van der Waals surface area contributed by atoms with Gasteiger partial charge in [-0.05, 0) is 31.0 Å². The number of anilines is 2. The van der Waals surface area contributed by atoms with Crippen molar-refractivity contribution >= 4 is 28.1 Å². The van der Waals surface area contributed by atoms with Crippen molar-refractivity contribution in [3.05, 3.63) is 59.8 Å². The minimum Gasteiger partial charge on any atom is -0.489 e. The van der Waals surface area contributed by atoms with E-state index in [1.807, 2.05) is 56.3 Å². The smallest absolute Gasteiger partial charge is 0.166 e. The van der Waals surface area contributed by atoms with Gasteiger partial charge in [0.25, 0.3) is 0 Å². The Kier molecular flexibility index (Phi) is 7.76. The molecule has 0 amide bonds. The molecule has 0 saturated heterocycles. The molecular weight excluding hydrogens is 380 g/mol. The van der Waals surface area contributed by atoms with Crippen LogP contribution in [0.1, 0.15) is 35.7 Å². The lowest BCUT2D eigenvalue weighted by Gasteiger charge is -2.17. The lowest BCUT2D eigenvalue weighted by Crippen LogP contribution is -2.10. The number of para-hydroxylation sites is 2. The number of benzene rings is 2. The van der Waals surface area contributed by atoms with E-state index in [2.05, 4.69) is 10.3 Å². The summed E-state index contributed by atoms with van der Waals surface area (Å²) in [4.78, 5) is 17.4. The molecule has 0 aliphatic rings. The third-order valence-electron chi connectivity index (χ3n) is 4.76. The molecular formula is C24H28N2O4. The summed E-state index contributed by atoms with van der Waals surface area (Å²) in [5.41, 5.74) is 4.04. The van der Waals surface area contributed by atoms with E-state index in [1.54, 1.807) is 6.20 Å². The monoisotopic (exact) mass is 408 g/mol. The molecule has 0 saturated carbocycles. The summed E-state index contributed by atoms with van der Waals surface area (Å²) in [6, 6.07) is 13.7. The maximum absolute atomic E-state index is 12.8. The average Bonchev–Trinajstić information content (AvgIpc) is 2.75. The topological polar surface area (TPSA) is 80.7 Å². The molecule has 0 unspecified atom stereocenters. The fraction of sp³-hybridized carbons (Fsp3) is 0.333. The molecule has 1 aromatic heterocycles. The number of hydrogen-bond acceptors (Lipinski definition) is 6. The number of carbonyl (C=O) groups is 1. The first-order valence-electron chi connectivity index (χ1n) is 10.2. The molecule has 1 heterocycles. The van der Waals surface area contributed by atoms with E-state index in [0.29, 0.717) is 36.5 Å². The van der Waals surface area contributed by atoms with E-state index in [1.165, 1.54) is 0 Å². The second-order valence-corrected chi connectivity index (χ2v) is 7.00. The number of fused-ring (bicyclic) bond motifs is 1. The number of ether oxygens (including phenoxy) is 2. The molecule has 3 rings (SSSR count). The summed E-state index contributed by atoms with van der Waals surface area (Å²) in [6.07, 6.45) is 2.88. The number of pyridine rings is 1. The quantitative estimate of drug-likeness (QED) is 0.355. The van der Waals surface area contributed by atoms with Crippen molar-refractivity contribution in [3.8, 4) is 5.75 Å². The highest BCUT2D eigenvalue weighted by molar-refractivity contribution is 6.09. The van der Waals surface area contributed by atoms with Gasteiger partial charge in [0.1, 0.15) is 17.9 Å². The largest absolute Gasteiger partial charge is 0.489 e. The SMILES string of the molecule is CCCC(=O)c1cnc2c(OCCOCCO)cccc2c1Nc1ccccc1C. The van der Waals surface area contributed by atoms with Gasteiger partial charge in [-0.2, -0.15) is 0 Å². The third-order valence-corrected chi connectivity index (χ3v) is 4.76. The standard InChI is InChI=1S/C24H28N2O4/c1-3-7-21(28)19-16-25-24-18(23(19)26-20-10-5-4-8-17(20)2)9-6-11-22(24)30-15-14-29-13-12-27/h4-6,8-11,16,27H,3,7,12-15H2,1-2H3,(H,25,26). The first-order chi connectivity index (χ1) is 14.7. The summed E-state index contributed by atoms with van der Waals surface area (Å²) in [6.45, 7) is 5.00. The van der Waals surface area contributed by atoms with Crippen LogP contribution in [0.15, 0.2) is 48.7 Å². The molecule has 3 aromatic rings. The van der Waals surface area contributed by atoms with Gasteiger partial charge >= 0.3 is 0 Å². The Hall–Kier alpha value is -2.96. The minimum atomic E-state index is -0.0156. The van der Waals surface area contributed by atoms with Gasteiger partial charge in [-0.1, -0.05) is 37.3 Å². The normalized spacial score (nSPS) is 10.9. The Morgan fingerprint density at radius 2 is 1.93 bits per heavy atom. The van der Waals surface area contributed by atoms with Crippen LogP contribution in [0, 0.1) is 6.92 Å². The highest BCUT2D eigenvalue weighted by Gasteiger charge is 2.17. The summed E-state index contributed by atoms with van der Waals surface area (Å²) in [7, 11) is 0. The van der Waals surface area contributed by atoms with Gasteiger partial charge in [0, 0.05) is 23.7 Å². The van der Waals surface area contributed by atoms with Gasteiger partial charge in [0.15, 0.2) is 5.78 Å². The molecule has 2 aromatic carbocycles. The second-order valence-electron chi connectivity index (χ2n) is 7.00. The van der Waals surface area contributed by atoms with Crippen LogP contribution in [0.5, 0.6) is 5.75 Å². The van der Waals surface area contributed by atoms with Gasteiger partial charge in [-0.25, -0.2) is 0 Å². The van der Waals surface area contributed by atoms with E-state index in [4.69, 9.17) is 14.6 Å². The minimum absolute atomic E-state index is 0.0156. The van der Waals surface area contributed by atoms with Crippen LogP contribution in [0.4, 0.5) is 11.4 Å². The Morgan fingerprint density at radius 3 is 2.70 bits per heavy atom. The predicted molar refractivity (Wildman–Crippen MR) is 119 cm³/mol. The van der Waals surface area contributed by atoms with E-state index in [9.17, 15) is 4.79 Å². The van der Waals surface area contributed by atoms with Crippen LogP contribution >= 0.6 is 0 Å². The van der Waals surface area contributed by atoms with Crippen LogP contribution in [0.3, 0.4) is 0 Å². The Balaban J connectivity index is 2.00. The number of rotatable bonds is 11. The predicted octanol–water partition coefficient (Wildman–Crippen LogP) is 4.66. The number of carbonyl (C=O) groups excluding carboxylic acids is 1. The lowest BCUT2D eigenvalue weighted by atomic mass is 10.0. The van der Waals surface area contributed by atoms with E-state index < -0.39 is 0 Å². The Labute approximate surface area is 176 Å². The summed E-state index contributed by atoms with van der Waals surface area (Å²) in [5.74, 6) is 0.689. The van der Waals surface area contributed by atoms with Crippen molar-refractivity contribution in [2.45, 2.75) is 26.7 Å². The van der Waals surface area contributed by atoms with Gasteiger partial charge < -0.3 is 19.9 Å². The first kappa shape index (κ1) is 21.7. The Morgan fingerprint density at radius 1 is 1.10 bits per heavy atom. The molecule has 0 aliphatic carbocycles. The van der Waals surface area contributed by atoms with Crippen molar-refractivity contribution < 1.29 is 19.4 Å². The highest BCUT2D eigenvalue weighted by atomic mass is 16.5. The summed E-state index contributed by atoms with van der Waals surface area (Å²) >= 11 is 0. The van der Waals surface area contributed by atoms with Crippen molar-refractivity contribution in [2.24, 2.45) is 0 Å². The molecule has 0 bridgehead atoms. The van der Waals surface area contributed by atoms with Crippen LogP contribution in [-0.2, 0) is 4.74 Å². The number of aliphatic hydroxyl groups excluding tert-OH is 1. The molecule has 2 N–H and O–H groups in total. The van der Waals surface area contributed by atoms with Gasteiger partial charge in [-0.15, -0.1) is 0 Å². The molecule has 0 fully saturated rings. The van der Waals surface area contributed by atoms with Crippen molar-refractivity contribution in [1.82, 2.24) is 4.98 Å². The molecule has 6 heteroatoms. The molecule has 0 atom stereocenters. The van der Waals surface area contributed by atoms with Gasteiger partial charge in [0.05, 0.1) is 31.1 Å². The number of aliphatic hydroxyl groups is 1. The van der Waals surface area contributed by atoms with Gasteiger partial charge in [0.2, 0.25) is 0 Å². The summed E-state index contributed by atoms with van der Waals surface area (Å²) < 4.78 is 11.1. The number of hydrogen-bond donors (Lipinski definition) is 2. The van der Waals surface area contributed by atoms with Crippen LogP contribution in [0.25, 0.3) is 10.9 Å². The van der Waals surface area contributed by atoms with Crippen molar-refractivity contribution in [1.29, 1.82) is 0 Å². The van der Waals surface area contributed by atoms with Crippen LogP contribution in [-0.4, -0.2) is 42.3 Å². The zero-order chi connectivity index (χ0) is 21.3. The molecule has 0 aliphatic heterocycles. The van der Waals surface area contributed by atoms with E-state index in [-0.39, 0.29) is 19.0 Å². The molecule has 30 heavy (non-hydrogen) atoms. The fourth-order valence-corrected chi connectivity index (χ4v) is 3.25. The fourth-order valence-electron chi connectivity index (χ4n) is 3.25. The summed E-state index contributed by atoms with van der Waals surface area (Å²) in [5, 5.41) is 13.1. The maximum atomic E-state index is 12.8. The molecule has 158 valence electrons.